The molecule has 2 rings (SSSR count). The Morgan fingerprint density at radius 1 is 1.31 bits per heavy atom. The van der Waals surface area contributed by atoms with E-state index in [1.807, 2.05) is 5.32 Å². The first-order valence-electron chi connectivity index (χ1n) is 7.56. The minimum absolute atomic E-state index is 0.143. The first kappa shape index (κ1) is 19.3. The molecule has 0 spiro atoms. The number of aryl methyl sites for hydroxylation is 1. The van der Waals surface area contributed by atoms with Crippen molar-refractivity contribution in [3.8, 4) is 0 Å². The van der Waals surface area contributed by atoms with Crippen molar-refractivity contribution in [2.24, 2.45) is 0 Å². The number of halogens is 3. The Labute approximate surface area is 146 Å². The highest BCUT2D eigenvalue weighted by molar-refractivity contribution is 5.97. The molecule has 2 aromatic rings. The number of hydrogen-bond donors (Lipinski definition) is 2. The third-order valence-corrected chi connectivity index (χ3v) is 3.33. The van der Waals surface area contributed by atoms with Crippen molar-refractivity contribution in [3.05, 3.63) is 48.0 Å². The van der Waals surface area contributed by atoms with Crippen molar-refractivity contribution < 1.29 is 36.9 Å². The lowest BCUT2D eigenvalue weighted by molar-refractivity contribution is -0.363. The number of aromatic amines is 1. The number of carbonyl (C=O) groups excluding carboxylic acids is 2. The van der Waals surface area contributed by atoms with Crippen LogP contribution in [0.3, 0.4) is 0 Å². The number of carbonyl (C=O) groups is 2. The van der Waals surface area contributed by atoms with Gasteiger partial charge in [0.15, 0.2) is 5.76 Å². The molecule has 3 N–H and O–H groups in total. The maximum absolute atomic E-state index is 13.9. The van der Waals surface area contributed by atoms with Gasteiger partial charge in [0.2, 0.25) is 0 Å². The molecule has 140 valence electrons. The van der Waals surface area contributed by atoms with E-state index in [1.165, 1.54) is 31.3 Å². The number of ether oxygens (including phenoxy) is 1. The minimum Gasteiger partial charge on any atom is -0.461 e. The monoisotopic (exact) mass is 372 g/mol. The van der Waals surface area contributed by atoms with Gasteiger partial charge in [-0.1, -0.05) is 0 Å². The van der Waals surface area contributed by atoms with Crippen molar-refractivity contribution in [1.82, 2.24) is 5.32 Å². The van der Waals surface area contributed by atoms with Gasteiger partial charge in [0.25, 0.3) is 11.7 Å². The lowest BCUT2D eigenvalue weighted by Crippen LogP contribution is -2.69. The standard InChI is InChI=1S/C16H16F3N3O4/c1-3-25-14(24)15(16(17,18)19,21-12-9-10(2)6-7-20-12)22-13(23)11-5-4-8-26-11/h4-9H,3H2,1-2H3,(H,20,21)(H,22,23)/p+1/t15-/m0/s1. The molecule has 26 heavy (non-hydrogen) atoms. The van der Waals surface area contributed by atoms with Gasteiger partial charge >= 0.3 is 17.8 Å². The Morgan fingerprint density at radius 2 is 2.04 bits per heavy atom. The summed E-state index contributed by atoms with van der Waals surface area (Å²) in [5, 5.41) is 3.68. The van der Waals surface area contributed by atoms with E-state index < -0.39 is 29.5 Å². The highest BCUT2D eigenvalue weighted by atomic mass is 19.4. The van der Waals surface area contributed by atoms with Crippen LogP contribution in [0.4, 0.5) is 19.0 Å². The van der Waals surface area contributed by atoms with E-state index in [0.29, 0.717) is 5.56 Å². The Kier molecular flexibility index (Phi) is 5.53. The fourth-order valence-corrected chi connectivity index (χ4v) is 2.12. The van der Waals surface area contributed by atoms with Crippen LogP contribution in [0.15, 0.2) is 41.1 Å². The normalized spacial score (nSPS) is 13.6. The van der Waals surface area contributed by atoms with E-state index in [1.54, 1.807) is 18.3 Å². The second kappa shape index (κ2) is 7.46. The average molecular weight is 372 g/mol. The van der Waals surface area contributed by atoms with Gasteiger partial charge in [0.1, 0.15) is 0 Å². The van der Waals surface area contributed by atoms with Gasteiger partial charge in [-0.25, -0.2) is 15.1 Å². The maximum atomic E-state index is 13.9. The molecule has 2 heterocycles. The predicted molar refractivity (Wildman–Crippen MR) is 83.0 cm³/mol. The molecular weight excluding hydrogens is 355 g/mol. The third kappa shape index (κ3) is 3.95. The molecule has 0 aliphatic heterocycles. The number of amides is 1. The van der Waals surface area contributed by atoms with Gasteiger partial charge in [-0.2, -0.15) is 13.2 Å². The van der Waals surface area contributed by atoms with Gasteiger partial charge in [-0.05, 0) is 37.6 Å². The zero-order chi connectivity index (χ0) is 19.4. The van der Waals surface area contributed by atoms with Gasteiger partial charge in [0, 0.05) is 6.07 Å². The van der Waals surface area contributed by atoms with E-state index in [0.717, 1.165) is 6.26 Å². The summed E-state index contributed by atoms with van der Waals surface area (Å²) in [7, 11) is 0. The number of H-pyrrole nitrogens is 1. The summed E-state index contributed by atoms with van der Waals surface area (Å²) in [4.78, 5) is 27.0. The van der Waals surface area contributed by atoms with E-state index in [2.05, 4.69) is 9.72 Å². The van der Waals surface area contributed by atoms with Crippen molar-refractivity contribution in [2.75, 3.05) is 11.9 Å². The van der Waals surface area contributed by atoms with E-state index in [4.69, 9.17) is 4.42 Å². The van der Waals surface area contributed by atoms with Crippen LogP contribution >= 0.6 is 0 Å². The summed E-state index contributed by atoms with van der Waals surface area (Å²) in [6, 6.07) is 5.46. The SMILES string of the molecule is CCOC(=O)[C@@](NC(=O)c1ccco1)(Nc1cc(C)cc[nH+]1)C(F)(F)F. The molecule has 0 bridgehead atoms. The molecule has 2 aromatic heterocycles. The molecule has 0 aromatic carbocycles. The molecule has 7 nitrogen and oxygen atoms in total. The summed E-state index contributed by atoms with van der Waals surface area (Å²) in [6.45, 7) is 2.69. The highest BCUT2D eigenvalue weighted by Crippen LogP contribution is 2.32. The molecule has 0 fully saturated rings. The van der Waals surface area contributed by atoms with Crippen LogP contribution in [0, 0.1) is 6.92 Å². The number of rotatable bonds is 6. The highest BCUT2D eigenvalue weighted by Gasteiger charge is 2.68. The van der Waals surface area contributed by atoms with Crippen LogP contribution < -0.4 is 15.6 Å². The summed E-state index contributed by atoms with van der Waals surface area (Å²) >= 11 is 0. The number of hydrogen-bond acceptors (Lipinski definition) is 5. The van der Waals surface area contributed by atoms with Gasteiger partial charge in [-0.3, -0.25) is 10.1 Å². The van der Waals surface area contributed by atoms with Crippen LogP contribution in [-0.4, -0.2) is 30.3 Å². The van der Waals surface area contributed by atoms with Crippen molar-refractivity contribution in [3.63, 3.8) is 0 Å². The topological polar surface area (TPSA) is 94.7 Å². The number of anilines is 1. The molecule has 0 aliphatic carbocycles. The average Bonchev–Trinajstić information content (AvgIpc) is 3.07. The fourth-order valence-electron chi connectivity index (χ4n) is 2.12. The minimum atomic E-state index is -5.22. The first-order chi connectivity index (χ1) is 12.2. The quantitative estimate of drug-likeness (QED) is 0.598. The number of aromatic nitrogens is 1. The second-order valence-corrected chi connectivity index (χ2v) is 5.30. The smallest absolute Gasteiger partial charge is 0.461 e. The molecule has 0 aliphatic rings. The van der Waals surface area contributed by atoms with E-state index in [-0.39, 0.29) is 12.4 Å². The Morgan fingerprint density at radius 3 is 2.58 bits per heavy atom. The van der Waals surface area contributed by atoms with E-state index >= 15 is 0 Å². The third-order valence-electron chi connectivity index (χ3n) is 3.33. The van der Waals surface area contributed by atoms with Gasteiger partial charge in [0.05, 0.1) is 19.1 Å². The molecule has 0 saturated carbocycles. The molecule has 0 unspecified atom stereocenters. The van der Waals surface area contributed by atoms with Crippen LogP contribution in [-0.2, 0) is 9.53 Å². The number of esters is 1. The summed E-state index contributed by atoms with van der Waals surface area (Å²) < 4.78 is 51.1. The fraction of sp³-hybridized carbons (Fsp3) is 0.312. The summed E-state index contributed by atoms with van der Waals surface area (Å²) in [5.74, 6) is -3.48. The second-order valence-electron chi connectivity index (χ2n) is 5.30. The number of pyridine rings is 1. The first-order valence-corrected chi connectivity index (χ1v) is 7.56. The largest absolute Gasteiger partial charge is 0.464 e. The van der Waals surface area contributed by atoms with Crippen molar-refractivity contribution in [2.45, 2.75) is 25.7 Å². The van der Waals surface area contributed by atoms with Crippen molar-refractivity contribution >= 4 is 17.7 Å². The molecule has 1 atom stereocenters. The van der Waals surface area contributed by atoms with Crippen LogP contribution in [0.5, 0.6) is 0 Å². The van der Waals surface area contributed by atoms with Crippen LogP contribution in [0.25, 0.3) is 0 Å². The molecular formula is C16H17F3N3O4+. The summed E-state index contributed by atoms with van der Waals surface area (Å²) in [5.41, 5.74) is -2.89. The van der Waals surface area contributed by atoms with Crippen LogP contribution in [0.2, 0.25) is 0 Å². The molecule has 1 amide bonds. The molecule has 0 radical (unpaired) electrons. The molecule has 10 heteroatoms. The Hall–Kier alpha value is -3.04. The zero-order valence-electron chi connectivity index (χ0n) is 13.9. The number of furan rings is 1. The van der Waals surface area contributed by atoms with Crippen molar-refractivity contribution in [1.29, 1.82) is 0 Å². The van der Waals surface area contributed by atoms with E-state index in [9.17, 15) is 22.8 Å². The van der Waals surface area contributed by atoms with Gasteiger partial charge in [-0.15, -0.1) is 0 Å². The predicted octanol–water partition coefficient (Wildman–Crippen LogP) is 2.07. The van der Waals surface area contributed by atoms with Crippen LogP contribution in [0.1, 0.15) is 23.0 Å². The summed E-state index contributed by atoms with van der Waals surface area (Å²) in [6.07, 6.45) is -2.71. The lowest BCUT2D eigenvalue weighted by Gasteiger charge is -2.30. The maximum Gasteiger partial charge on any atom is 0.464 e. The zero-order valence-corrected chi connectivity index (χ0v) is 13.9. The number of nitrogens with one attached hydrogen (secondary N) is 3. The molecule has 0 saturated heterocycles. The number of alkyl halides is 3. The Bertz CT molecular complexity index is 777. The van der Waals surface area contributed by atoms with Gasteiger partial charge < -0.3 is 9.15 Å². The Balaban J connectivity index is 2.49. The lowest BCUT2D eigenvalue weighted by atomic mass is 10.1.